The van der Waals surface area contributed by atoms with Gasteiger partial charge in [-0.3, -0.25) is 4.79 Å². The van der Waals surface area contributed by atoms with E-state index in [-0.39, 0.29) is 30.8 Å². The number of carbonyl (C=O) groups is 2. The molecule has 0 aliphatic rings. The number of allylic oxidation sites excluding steroid dienone is 2. The van der Waals surface area contributed by atoms with E-state index in [4.69, 9.17) is 4.74 Å². The van der Waals surface area contributed by atoms with Crippen LogP contribution in [0.5, 0.6) is 0 Å². The number of hydrogen-bond acceptors (Lipinski definition) is 6. The fourth-order valence-corrected chi connectivity index (χ4v) is 3.20. The molecule has 0 spiro atoms. The zero-order valence-corrected chi connectivity index (χ0v) is 17.2. The molecule has 0 aliphatic carbocycles. The van der Waals surface area contributed by atoms with Crippen molar-refractivity contribution in [3.05, 3.63) is 79.3 Å². The molecule has 0 unspecified atom stereocenters. The van der Waals surface area contributed by atoms with Crippen molar-refractivity contribution in [2.24, 2.45) is 0 Å². The monoisotopic (exact) mass is 416 g/mol. The Morgan fingerprint density at radius 1 is 0.900 bits per heavy atom. The van der Waals surface area contributed by atoms with Crippen molar-refractivity contribution in [2.45, 2.75) is 40.4 Å². The van der Waals surface area contributed by atoms with Crippen LogP contribution in [-0.4, -0.2) is 37.0 Å². The van der Waals surface area contributed by atoms with Crippen LogP contribution in [0.4, 0.5) is 0 Å². The topological polar surface area (TPSA) is 125 Å². The average Bonchev–Trinajstić information content (AvgIpc) is 2.99. The smallest absolute Gasteiger partial charge is 0.340 e. The van der Waals surface area contributed by atoms with Crippen LogP contribution in [0.2, 0.25) is 0 Å². The molecule has 2 aromatic heterocycles. The number of ketones is 1. The number of ether oxygens (including phenoxy) is 1. The molecule has 0 saturated heterocycles. The van der Waals surface area contributed by atoms with E-state index < -0.39 is 35.4 Å². The van der Waals surface area contributed by atoms with Crippen molar-refractivity contribution in [3.8, 4) is 0 Å². The van der Waals surface area contributed by atoms with Gasteiger partial charge in [-0.1, -0.05) is 12.2 Å². The Morgan fingerprint density at radius 2 is 1.37 bits per heavy atom. The third-order valence-electron chi connectivity index (χ3n) is 4.44. The van der Waals surface area contributed by atoms with Gasteiger partial charge in [0.25, 0.3) is 0 Å². The Bertz CT molecular complexity index is 1140. The lowest BCUT2D eigenvalue weighted by Gasteiger charge is -2.12. The number of Topliss-reactive ketones (excluding diaryl/α,β-unsaturated/α-hetero) is 1. The molecule has 0 radical (unpaired) electrons. The molecule has 1 N–H and O–H groups in total. The van der Waals surface area contributed by atoms with Crippen LogP contribution in [0, 0.1) is 13.8 Å². The second-order valence-corrected chi connectivity index (χ2v) is 6.50. The number of rotatable bonds is 9. The zero-order chi connectivity index (χ0) is 22.6. The molecule has 0 atom stereocenters. The van der Waals surface area contributed by atoms with Crippen molar-refractivity contribution in [1.82, 2.24) is 18.7 Å². The first-order chi connectivity index (χ1) is 14.2. The van der Waals surface area contributed by atoms with Crippen LogP contribution in [-0.2, 0) is 24.4 Å². The van der Waals surface area contributed by atoms with Crippen molar-refractivity contribution >= 4 is 11.8 Å². The summed E-state index contributed by atoms with van der Waals surface area (Å²) in [5.41, 5.74) is -1.79. The molecule has 160 valence electrons. The van der Waals surface area contributed by atoms with E-state index in [2.05, 4.69) is 18.1 Å². The van der Waals surface area contributed by atoms with E-state index in [1.807, 2.05) is 0 Å². The van der Waals surface area contributed by atoms with Gasteiger partial charge in [0.1, 0.15) is 0 Å². The summed E-state index contributed by atoms with van der Waals surface area (Å²) in [4.78, 5) is 66.2. The Labute approximate surface area is 171 Å². The summed E-state index contributed by atoms with van der Waals surface area (Å²) >= 11 is 0. The molecule has 2 heterocycles. The third-order valence-corrected chi connectivity index (χ3v) is 4.44. The summed E-state index contributed by atoms with van der Waals surface area (Å²) in [5, 5.41) is 0. The standard InChI is InChI=1S/C20H24N4O6/c1-6-9-22-18(27)23(10-7-2)20(29)24(19(22)28)11-14(25)15-12(4)21-13(5)16(15)17(26)30-8-3/h6-7,21H,1-2,8-11H2,3-5H3. The van der Waals surface area contributed by atoms with Gasteiger partial charge >= 0.3 is 23.0 Å². The van der Waals surface area contributed by atoms with Gasteiger partial charge in [0.05, 0.1) is 37.4 Å². The van der Waals surface area contributed by atoms with Crippen LogP contribution in [0.15, 0.2) is 39.7 Å². The first-order valence-corrected chi connectivity index (χ1v) is 9.25. The van der Waals surface area contributed by atoms with Crippen molar-refractivity contribution in [1.29, 1.82) is 0 Å². The highest BCUT2D eigenvalue weighted by molar-refractivity contribution is 6.08. The van der Waals surface area contributed by atoms with E-state index in [0.29, 0.717) is 16.0 Å². The molecular formula is C20H24N4O6. The Balaban J connectivity index is 2.66. The minimum absolute atomic E-state index is 0.0361. The molecule has 0 amide bonds. The lowest BCUT2D eigenvalue weighted by Crippen LogP contribution is -2.55. The lowest BCUT2D eigenvalue weighted by molar-refractivity contribution is 0.0522. The number of nitrogens with zero attached hydrogens (tertiary/aromatic N) is 3. The fraction of sp³-hybridized carbons (Fsp3) is 0.350. The van der Waals surface area contributed by atoms with Crippen LogP contribution >= 0.6 is 0 Å². The second kappa shape index (κ2) is 9.21. The van der Waals surface area contributed by atoms with Gasteiger partial charge in [0, 0.05) is 11.4 Å². The highest BCUT2D eigenvalue weighted by atomic mass is 16.5. The van der Waals surface area contributed by atoms with Crippen LogP contribution in [0.25, 0.3) is 0 Å². The molecule has 2 aromatic rings. The molecule has 0 aliphatic heterocycles. The molecule has 0 aromatic carbocycles. The van der Waals surface area contributed by atoms with E-state index in [1.54, 1.807) is 20.8 Å². The maximum atomic E-state index is 13.0. The summed E-state index contributed by atoms with van der Waals surface area (Å²) in [6.07, 6.45) is 2.66. The lowest BCUT2D eigenvalue weighted by atomic mass is 10.0. The predicted molar refractivity (Wildman–Crippen MR) is 110 cm³/mol. The van der Waals surface area contributed by atoms with Crippen LogP contribution < -0.4 is 17.1 Å². The van der Waals surface area contributed by atoms with Crippen LogP contribution in [0.1, 0.15) is 39.0 Å². The van der Waals surface area contributed by atoms with Gasteiger partial charge in [-0.25, -0.2) is 32.9 Å². The fourth-order valence-electron chi connectivity index (χ4n) is 3.20. The van der Waals surface area contributed by atoms with Gasteiger partial charge in [-0.2, -0.15) is 0 Å². The summed E-state index contributed by atoms with van der Waals surface area (Å²) in [5.74, 6) is -1.33. The maximum absolute atomic E-state index is 13.0. The number of nitrogens with one attached hydrogen (secondary N) is 1. The van der Waals surface area contributed by atoms with Gasteiger partial charge in [-0.15, -0.1) is 13.2 Å². The quantitative estimate of drug-likeness (QED) is 0.361. The average molecular weight is 416 g/mol. The number of aryl methyl sites for hydroxylation is 2. The molecule has 10 heteroatoms. The Morgan fingerprint density at radius 3 is 1.83 bits per heavy atom. The molecular weight excluding hydrogens is 392 g/mol. The number of H-pyrrole nitrogens is 1. The number of hydrogen-bond donors (Lipinski definition) is 1. The van der Waals surface area contributed by atoms with Gasteiger partial charge in [-0.05, 0) is 20.8 Å². The predicted octanol–water partition coefficient (Wildman–Crippen LogP) is 0.548. The Hall–Kier alpha value is -3.69. The third kappa shape index (κ3) is 4.02. The molecule has 0 bridgehead atoms. The molecule has 30 heavy (non-hydrogen) atoms. The number of aromatic amines is 1. The summed E-state index contributed by atoms with van der Waals surface area (Å²) in [6.45, 7) is 11.0. The van der Waals surface area contributed by atoms with Crippen LogP contribution in [0.3, 0.4) is 0 Å². The number of aromatic nitrogens is 4. The van der Waals surface area contributed by atoms with Crippen molar-refractivity contribution in [2.75, 3.05) is 6.61 Å². The summed E-state index contributed by atoms with van der Waals surface area (Å²) in [7, 11) is 0. The van der Waals surface area contributed by atoms with E-state index in [1.165, 1.54) is 12.2 Å². The number of esters is 1. The second-order valence-electron chi connectivity index (χ2n) is 6.50. The van der Waals surface area contributed by atoms with E-state index in [0.717, 1.165) is 9.13 Å². The van der Waals surface area contributed by atoms with Crippen molar-refractivity contribution in [3.63, 3.8) is 0 Å². The first kappa shape index (κ1) is 22.6. The zero-order valence-electron chi connectivity index (χ0n) is 17.2. The van der Waals surface area contributed by atoms with Gasteiger partial charge in [0.15, 0.2) is 5.78 Å². The van der Waals surface area contributed by atoms with Gasteiger partial charge in [0.2, 0.25) is 0 Å². The van der Waals surface area contributed by atoms with E-state index >= 15 is 0 Å². The molecule has 2 rings (SSSR count). The minimum Gasteiger partial charge on any atom is -0.462 e. The molecule has 0 saturated carbocycles. The molecule has 0 fully saturated rings. The van der Waals surface area contributed by atoms with Gasteiger partial charge < -0.3 is 9.72 Å². The number of carbonyl (C=O) groups excluding carboxylic acids is 2. The van der Waals surface area contributed by atoms with Crippen molar-refractivity contribution < 1.29 is 14.3 Å². The summed E-state index contributed by atoms with van der Waals surface area (Å²) in [6, 6.07) is 0. The normalized spacial score (nSPS) is 10.6. The van der Waals surface area contributed by atoms with E-state index in [9.17, 15) is 24.0 Å². The summed E-state index contributed by atoms with van der Waals surface area (Å²) < 4.78 is 7.27. The highest BCUT2D eigenvalue weighted by Crippen LogP contribution is 2.20. The Kier molecular flexibility index (Phi) is 6.93. The largest absolute Gasteiger partial charge is 0.462 e. The SMILES string of the molecule is C=CCn1c(=O)n(CC=C)c(=O)n(CC(=O)c2c(C)[nH]c(C)c2C(=O)OCC)c1=O. The molecule has 10 nitrogen and oxygen atoms in total. The maximum Gasteiger partial charge on any atom is 0.340 e. The highest BCUT2D eigenvalue weighted by Gasteiger charge is 2.27. The minimum atomic E-state index is -0.943. The first-order valence-electron chi connectivity index (χ1n) is 9.25.